The first kappa shape index (κ1) is 11.4. The van der Waals surface area contributed by atoms with Crippen molar-refractivity contribution in [3.8, 4) is 0 Å². The van der Waals surface area contributed by atoms with Gasteiger partial charge in [0, 0.05) is 0 Å². The van der Waals surface area contributed by atoms with Crippen LogP contribution in [0.25, 0.3) is 0 Å². The molecule has 4 nitrogen and oxygen atoms in total. The summed E-state index contributed by atoms with van der Waals surface area (Å²) in [7, 11) is -5.18. The minimum atomic E-state index is -2.59. The summed E-state index contributed by atoms with van der Waals surface area (Å²) in [6.07, 6.45) is 0. The van der Waals surface area contributed by atoms with E-state index in [0.29, 0.717) is 0 Å². The second kappa shape index (κ2) is 7.11. The maximum absolute atomic E-state index is 9.26. The molecule has 0 saturated carbocycles. The maximum Gasteiger partial charge on any atom is 0.274 e. The van der Waals surface area contributed by atoms with E-state index in [-0.39, 0.29) is 0 Å². The summed E-state index contributed by atoms with van der Waals surface area (Å²) in [5, 5.41) is 0. The van der Waals surface area contributed by atoms with Gasteiger partial charge in [-0.15, -0.1) is 0 Å². The third-order valence-corrected chi connectivity index (χ3v) is 1.76. The van der Waals surface area contributed by atoms with Crippen molar-refractivity contribution in [3.05, 3.63) is 36.4 Å². The fraction of sp³-hybridized carbons (Fsp3) is 0. The molecule has 0 heterocycles. The first-order valence-electron chi connectivity index (χ1n) is 2.87. The van der Waals surface area contributed by atoms with Crippen molar-refractivity contribution in [1.82, 2.24) is 0 Å². The summed E-state index contributed by atoms with van der Waals surface area (Å²) in [5.74, 6) is 0. The van der Waals surface area contributed by atoms with Crippen LogP contribution >= 0.6 is 0 Å². The van der Waals surface area contributed by atoms with Gasteiger partial charge in [0.25, 0.3) is 20.2 Å². The van der Waals surface area contributed by atoms with Gasteiger partial charge in [0.05, 0.1) is 0 Å². The van der Waals surface area contributed by atoms with Gasteiger partial charge in [-0.1, -0.05) is 36.4 Å². The van der Waals surface area contributed by atoms with Crippen molar-refractivity contribution in [2.75, 3.05) is 0 Å². The van der Waals surface area contributed by atoms with Crippen molar-refractivity contribution in [1.29, 1.82) is 0 Å². The van der Waals surface area contributed by atoms with Crippen LogP contribution in [-0.2, 0) is 20.2 Å². The molecule has 0 aromatic heterocycles. The number of hydrogen-bond acceptors (Lipinski definition) is 2. The summed E-state index contributed by atoms with van der Waals surface area (Å²) in [6.45, 7) is 0. The Morgan fingerprint density at radius 1 is 0.667 bits per heavy atom. The standard InChI is InChI=1S/C6H6.H2O4S2/c1-2-4-6-5-3-1;1-5(2)6(3)4/h1-6H;(H,1,2)(H,3,4). The molecule has 0 spiro atoms. The largest absolute Gasteiger partial charge is 0.294 e. The fourth-order valence-corrected chi connectivity index (χ4v) is 0.385. The Morgan fingerprint density at radius 2 is 0.833 bits per heavy atom. The molecule has 2 atom stereocenters. The zero-order valence-corrected chi connectivity index (χ0v) is 7.62. The molecule has 1 aromatic rings. The van der Waals surface area contributed by atoms with Gasteiger partial charge in [-0.25, -0.2) is 8.42 Å². The minimum Gasteiger partial charge on any atom is -0.294 e. The molecule has 0 amide bonds. The van der Waals surface area contributed by atoms with Gasteiger partial charge < -0.3 is 0 Å². The van der Waals surface area contributed by atoms with Crippen LogP contribution in [0.15, 0.2) is 36.4 Å². The van der Waals surface area contributed by atoms with E-state index in [1.165, 1.54) is 0 Å². The highest BCUT2D eigenvalue weighted by Gasteiger charge is 1.95. The van der Waals surface area contributed by atoms with E-state index in [1.54, 1.807) is 0 Å². The molecule has 0 fully saturated rings. The second-order valence-electron chi connectivity index (χ2n) is 1.59. The van der Waals surface area contributed by atoms with Crippen molar-refractivity contribution in [2.45, 2.75) is 0 Å². The van der Waals surface area contributed by atoms with Gasteiger partial charge in [-0.2, -0.15) is 0 Å². The van der Waals surface area contributed by atoms with Gasteiger partial charge >= 0.3 is 0 Å². The van der Waals surface area contributed by atoms with Crippen molar-refractivity contribution < 1.29 is 17.5 Å². The van der Waals surface area contributed by atoms with E-state index in [2.05, 4.69) is 0 Å². The molecular weight excluding hydrogens is 200 g/mol. The van der Waals surface area contributed by atoms with Gasteiger partial charge in [-0.05, 0) is 0 Å². The van der Waals surface area contributed by atoms with Crippen LogP contribution in [0.2, 0.25) is 0 Å². The maximum atomic E-state index is 9.26. The molecule has 6 heteroatoms. The molecule has 1 aromatic carbocycles. The molecule has 0 aliphatic rings. The zero-order chi connectivity index (χ0) is 9.40. The van der Waals surface area contributed by atoms with E-state index in [4.69, 9.17) is 9.11 Å². The Labute approximate surface area is 74.6 Å². The highest BCUT2D eigenvalue weighted by Crippen LogP contribution is 1.79. The second-order valence-corrected chi connectivity index (χ2v) is 4.17. The van der Waals surface area contributed by atoms with Crippen LogP contribution in [0.5, 0.6) is 0 Å². The quantitative estimate of drug-likeness (QED) is 0.534. The SMILES string of the molecule is O=S(O)S(=O)O.c1ccccc1. The van der Waals surface area contributed by atoms with Crippen LogP contribution in [0, 0.1) is 0 Å². The molecule has 0 bridgehead atoms. The Morgan fingerprint density at radius 3 is 0.917 bits per heavy atom. The average Bonchev–Trinajstić information content (AvgIpc) is 2.08. The van der Waals surface area contributed by atoms with E-state index >= 15 is 0 Å². The van der Waals surface area contributed by atoms with E-state index in [9.17, 15) is 8.42 Å². The number of benzene rings is 1. The molecule has 2 unspecified atom stereocenters. The highest BCUT2D eigenvalue weighted by molar-refractivity contribution is 8.56. The summed E-state index contributed by atoms with van der Waals surface area (Å²) in [4.78, 5) is 0. The Bertz CT molecular complexity index is 210. The third kappa shape index (κ3) is 7.55. The lowest BCUT2D eigenvalue weighted by molar-refractivity contribution is 0.548. The van der Waals surface area contributed by atoms with Gasteiger partial charge in [-0.3, -0.25) is 9.11 Å². The lowest BCUT2D eigenvalue weighted by Gasteiger charge is -1.74. The fourth-order valence-electron chi connectivity index (χ4n) is 0.385. The first-order chi connectivity index (χ1) is 5.64. The average molecular weight is 208 g/mol. The minimum absolute atomic E-state index is 2.00. The van der Waals surface area contributed by atoms with Crippen LogP contribution in [0.3, 0.4) is 0 Å². The molecular formula is C6H8O4S2. The summed E-state index contributed by atoms with van der Waals surface area (Å²) >= 11 is 0. The van der Waals surface area contributed by atoms with E-state index in [0.717, 1.165) is 0 Å². The zero-order valence-electron chi connectivity index (χ0n) is 5.99. The van der Waals surface area contributed by atoms with Crippen molar-refractivity contribution in [3.63, 3.8) is 0 Å². The predicted octanol–water partition coefficient (Wildman–Crippen LogP) is 1.03. The number of rotatable bonds is 1. The highest BCUT2D eigenvalue weighted by atomic mass is 33.2. The monoisotopic (exact) mass is 208 g/mol. The normalized spacial score (nSPS) is 13.8. The topological polar surface area (TPSA) is 74.6 Å². The van der Waals surface area contributed by atoms with Crippen LogP contribution < -0.4 is 0 Å². The summed E-state index contributed by atoms with van der Waals surface area (Å²) < 4.78 is 33.6. The smallest absolute Gasteiger partial charge is 0.274 e. The van der Waals surface area contributed by atoms with Crippen LogP contribution in [0.1, 0.15) is 0 Å². The Kier molecular flexibility index (Phi) is 6.78. The molecule has 0 saturated heterocycles. The predicted molar refractivity (Wildman–Crippen MR) is 48.0 cm³/mol. The summed E-state index contributed by atoms with van der Waals surface area (Å²) in [6, 6.07) is 12.0. The molecule has 68 valence electrons. The molecule has 0 radical (unpaired) electrons. The van der Waals surface area contributed by atoms with Gasteiger partial charge in [0.1, 0.15) is 0 Å². The molecule has 0 aliphatic carbocycles. The Hall–Kier alpha value is -0.560. The van der Waals surface area contributed by atoms with E-state index < -0.39 is 20.2 Å². The lowest BCUT2D eigenvalue weighted by Crippen LogP contribution is -1.93. The molecule has 12 heavy (non-hydrogen) atoms. The summed E-state index contributed by atoms with van der Waals surface area (Å²) in [5.41, 5.74) is 0. The van der Waals surface area contributed by atoms with Gasteiger partial charge in [0.2, 0.25) is 0 Å². The first-order valence-corrected chi connectivity index (χ1v) is 5.60. The van der Waals surface area contributed by atoms with Gasteiger partial charge in [0.15, 0.2) is 0 Å². The van der Waals surface area contributed by atoms with Crippen molar-refractivity contribution in [2.24, 2.45) is 0 Å². The third-order valence-electron chi connectivity index (χ3n) is 0.789. The molecule has 1 rings (SSSR count). The van der Waals surface area contributed by atoms with Crippen molar-refractivity contribution >= 4 is 20.2 Å². The van der Waals surface area contributed by atoms with Crippen LogP contribution in [-0.4, -0.2) is 17.5 Å². The molecule has 2 N–H and O–H groups in total. The Balaban J connectivity index is 0.000000202. The molecule has 0 aliphatic heterocycles. The van der Waals surface area contributed by atoms with Crippen LogP contribution in [0.4, 0.5) is 0 Å². The van der Waals surface area contributed by atoms with E-state index in [1.807, 2.05) is 36.4 Å². The number of hydrogen-bond donors (Lipinski definition) is 2. The lowest BCUT2D eigenvalue weighted by atomic mass is 10.4.